The molecule has 9 heteroatoms. The van der Waals surface area contributed by atoms with Crippen LogP contribution in [-0.2, 0) is 4.79 Å². The first kappa shape index (κ1) is 18.9. The Morgan fingerprint density at radius 2 is 2.08 bits per heavy atom. The molecule has 1 unspecified atom stereocenters. The van der Waals surface area contributed by atoms with E-state index in [4.69, 9.17) is 4.74 Å². The maximum Gasteiger partial charge on any atom is 0.274 e. The van der Waals surface area contributed by atoms with Crippen LogP contribution >= 0.6 is 0 Å². The van der Waals surface area contributed by atoms with Crippen LogP contribution in [0.1, 0.15) is 24.2 Å². The average Bonchev–Trinajstić information content (AvgIpc) is 2.64. The summed E-state index contributed by atoms with van der Waals surface area (Å²) in [5.74, 6) is -1.21. The summed E-state index contributed by atoms with van der Waals surface area (Å²) in [5.41, 5.74) is 2.18. The van der Waals surface area contributed by atoms with Crippen molar-refractivity contribution in [2.45, 2.75) is 13.0 Å². The van der Waals surface area contributed by atoms with Crippen molar-refractivity contribution in [1.29, 1.82) is 0 Å². The lowest BCUT2D eigenvalue weighted by molar-refractivity contribution is -0.385. The molecule has 0 fully saturated rings. The highest BCUT2D eigenvalue weighted by molar-refractivity contribution is 5.88. The number of nitro benzene ring substituents is 1. The third kappa shape index (κ3) is 4.54. The monoisotopic (exact) mass is 359 g/mol. The normalized spacial score (nSPS) is 11.9. The molecule has 0 aliphatic rings. The van der Waals surface area contributed by atoms with Gasteiger partial charge < -0.3 is 14.9 Å². The number of carbonyl (C=O) groups excluding carboxylic acids is 1. The van der Waals surface area contributed by atoms with Gasteiger partial charge in [0, 0.05) is 11.6 Å². The second kappa shape index (κ2) is 8.58. The van der Waals surface area contributed by atoms with Crippen LogP contribution in [0.5, 0.6) is 11.5 Å². The standard InChI is InChI=1S/C17H17N3O6/c1-2-26-14-9-13(20(24)25)8-12(15(14)21)10-18-19-17(23)16(22)11-6-4-3-5-7-11/h3-10,16,21-22H,2H2,1H3,(H,19,23). The third-order valence-corrected chi connectivity index (χ3v) is 3.34. The SMILES string of the molecule is CCOc1cc([N+](=O)[O-])cc(C=NNC(=O)C(O)c2ccccc2)c1O. The Balaban J connectivity index is 2.16. The summed E-state index contributed by atoms with van der Waals surface area (Å²) in [6, 6.07) is 10.4. The van der Waals surface area contributed by atoms with Crippen molar-refractivity contribution in [1.82, 2.24) is 5.43 Å². The fraction of sp³-hybridized carbons (Fsp3) is 0.176. The van der Waals surface area contributed by atoms with Crippen LogP contribution in [-0.4, -0.2) is 33.9 Å². The molecule has 1 atom stereocenters. The number of aromatic hydroxyl groups is 1. The number of carbonyl (C=O) groups is 1. The summed E-state index contributed by atoms with van der Waals surface area (Å²) in [6.45, 7) is 1.86. The molecule has 2 rings (SSSR count). The van der Waals surface area contributed by atoms with Gasteiger partial charge in [0.15, 0.2) is 17.6 Å². The number of non-ortho nitro benzene ring substituents is 1. The Hall–Kier alpha value is -3.46. The zero-order chi connectivity index (χ0) is 19.1. The summed E-state index contributed by atoms with van der Waals surface area (Å²) < 4.78 is 5.15. The molecule has 0 aliphatic carbocycles. The van der Waals surface area contributed by atoms with Crippen LogP contribution in [0.3, 0.4) is 0 Å². The number of benzene rings is 2. The molecule has 0 aromatic heterocycles. The van der Waals surface area contributed by atoms with Crippen molar-refractivity contribution in [3.05, 3.63) is 63.7 Å². The molecule has 0 saturated carbocycles. The molecular weight excluding hydrogens is 342 g/mol. The summed E-state index contributed by atoms with van der Waals surface area (Å²) >= 11 is 0. The summed E-state index contributed by atoms with van der Waals surface area (Å²) in [6.07, 6.45) is -0.397. The first-order valence-corrected chi connectivity index (χ1v) is 7.64. The van der Waals surface area contributed by atoms with Gasteiger partial charge in [-0.3, -0.25) is 14.9 Å². The number of aliphatic hydroxyl groups is 1. The molecule has 0 heterocycles. The molecule has 1 amide bonds. The quantitative estimate of drug-likeness (QED) is 0.392. The van der Waals surface area contributed by atoms with E-state index in [-0.39, 0.29) is 29.4 Å². The van der Waals surface area contributed by atoms with Crippen LogP contribution < -0.4 is 10.2 Å². The Labute approximate surface area is 148 Å². The van der Waals surface area contributed by atoms with Gasteiger partial charge >= 0.3 is 0 Å². The van der Waals surface area contributed by atoms with Crippen molar-refractivity contribution < 1.29 is 24.7 Å². The maximum absolute atomic E-state index is 11.9. The number of hydrogen-bond acceptors (Lipinski definition) is 7. The van der Waals surface area contributed by atoms with E-state index in [1.807, 2.05) is 0 Å². The van der Waals surface area contributed by atoms with E-state index in [0.29, 0.717) is 5.56 Å². The summed E-state index contributed by atoms with van der Waals surface area (Å²) in [4.78, 5) is 22.2. The van der Waals surface area contributed by atoms with Gasteiger partial charge in [0.2, 0.25) is 0 Å². The van der Waals surface area contributed by atoms with Crippen LogP contribution in [0.4, 0.5) is 5.69 Å². The van der Waals surface area contributed by atoms with Crippen molar-refractivity contribution >= 4 is 17.8 Å². The van der Waals surface area contributed by atoms with Gasteiger partial charge in [-0.15, -0.1) is 0 Å². The number of phenolic OH excluding ortho intramolecular Hbond substituents is 1. The van der Waals surface area contributed by atoms with Crippen LogP contribution in [0.2, 0.25) is 0 Å². The molecule has 0 bridgehead atoms. The molecule has 0 saturated heterocycles. The fourth-order valence-corrected chi connectivity index (χ4v) is 2.10. The largest absolute Gasteiger partial charge is 0.504 e. The lowest BCUT2D eigenvalue weighted by atomic mass is 10.1. The average molecular weight is 359 g/mol. The predicted octanol–water partition coefficient (Wildman–Crippen LogP) is 1.88. The number of hydrazone groups is 1. The molecular formula is C17H17N3O6. The van der Waals surface area contributed by atoms with Gasteiger partial charge in [-0.1, -0.05) is 30.3 Å². The Kier molecular flexibility index (Phi) is 6.23. The van der Waals surface area contributed by atoms with E-state index in [0.717, 1.165) is 18.3 Å². The highest BCUT2D eigenvalue weighted by atomic mass is 16.6. The van der Waals surface area contributed by atoms with Crippen molar-refractivity contribution in [2.75, 3.05) is 6.61 Å². The number of rotatable bonds is 7. The number of nitrogens with zero attached hydrogens (tertiary/aromatic N) is 2. The Bertz CT molecular complexity index is 823. The van der Waals surface area contributed by atoms with E-state index in [2.05, 4.69) is 10.5 Å². The predicted molar refractivity (Wildman–Crippen MR) is 93.1 cm³/mol. The Morgan fingerprint density at radius 1 is 1.38 bits per heavy atom. The van der Waals surface area contributed by atoms with E-state index in [1.54, 1.807) is 37.3 Å². The number of amides is 1. The number of phenols is 1. The molecule has 2 aromatic rings. The second-order valence-electron chi connectivity index (χ2n) is 5.12. The summed E-state index contributed by atoms with van der Waals surface area (Å²) in [7, 11) is 0. The molecule has 136 valence electrons. The first-order chi connectivity index (χ1) is 12.4. The topological polar surface area (TPSA) is 134 Å². The van der Waals surface area contributed by atoms with Gasteiger partial charge in [-0.05, 0) is 12.5 Å². The smallest absolute Gasteiger partial charge is 0.274 e. The molecule has 0 spiro atoms. The number of nitro groups is 1. The minimum absolute atomic E-state index is 0.0165. The lowest BCUT2D eigenvalue weighted by Gasteiger charge is -2.09. The lowest BCUT2D eigenvalue weighted by Crippen LogP contribution is -2.25. The summed E-state index contributed by atoms with van der Waals surface area (Å²) in [5, 5.41) is 34.6. The van der Waals surface area contributed by atoms with E-state index < -0.39 is 16.9 Å². The van der Waals surface area contributed by atoms with E-state index >= 15 is 0 Å². The number of ether oxygens (including phenoxy) is 1. The zero-order valence-electron chi connectivity index (χ0n) is 13.8. The van der Waals surface area contributed by atoms with Gasteiger partial charge in [0.25, 0.3) is 11.6 Å². The molecule has 0 radical (unpaired) electrons. The Morgan fingerprint density at radius 3 is 2.69 bits per heavy atom. The van der Waals surface area contributed by atoms with Crippen molar-refractivity contribution in [3.63, 3.8) is 0 Å². The van der Waals surface area contributed by atoms with Gasteiger partial charge in [-0.2, -0.15) is 5.10 Å². The highest BCUT2D eigenvalue weighted by Crippen LogP contribution is 2.33. The minimum Gasteiger partial charge on any atom is -0.504 e. The fourth-order valence-electron chi connectivity index (χ4n) is 2.10. The van der Waals surface area contributed by atoms with Crippen molar-refractivity contribution in [2.24, 2.45) is 5.10 Å². The number of aliphatic hydroxyl groups excluding tert-OH is 1. The first-order valence-electron chi connectivity index (χ1n) is 7.64. The molecule has 9 nitrogen and oxygen atoms in total. The maximum atomic E-state index is 11.9. The second-order valence-corrected chi connectivity index (χ2v) is 5.12. The van der Waals surface area contributed by atoms with Crippen LogP contribution in [0.25, 0.3) is 0 Å². The molecule has 2 aromatic carbocycles. The number of nitrogens with one attached hydrogen (secondary N) is 1. The molecule has 0 aliphatic heterocycles. The molecule has 3 N–H and O–H groups in total. The van der Waals surface area contributed by atoms with E-state index in [9.17, 15) is 25.1 Å². The van der Waals surface area contributed by atoms with E-state index in [1.165, 1.54) is 0 Å². The van der Waals surface area contributed by atoms with Gasteiger partial charge in [-0.25, -0.2) is 5.43 Å². The highest BCUT2D eigenvalue weighted by Gasteiger charge is 2.18. The van der Waals surface area contributed by atoms with Gasteiger partial charge in [0.1, 0.15) is 0 Å². The third-order valence-electron chi connectivity index (χ3n) is 3.34. The van der Waals surface area contributed by atoms with Gasteiger partial charge in [0.05, 0.1) is 23.8 Å². The number of hydrogen-bond donors (Lipinski definition) is 3. The van der Waals surface area contributed by atoms with Crippen LogP contribution in [0.15, 0.2) is 47.6 Å². The van der Waals surface area contributed by atoms with Crippen LogP contribution in [0, 0.1) is 10.1 Å². The zero-order valence-corrected chi connectivity index (χ0v) is 13.8. The molecule has 26 heavy (non-hydrogen) atoms. The van der Waals surface area contributed by atoms with Crippen molar-refractivity contribution in [3.8, 4) is 11.5 Å². The minimum atomic E-state index is -1.42.